The molecule has 0 fully saturated rings. The molecule has 0 radical (unpaired) electrons. The van der Waals surface area contributed by atoms with Gasteiger partial charge in [0.15, 0.2) is 5.03 Å². The van der Waals surface area contributed by atoms with Crippen LogP contribution >= 0.6 is 47.8 Å². The van der Waals surface area contributed by atoms with Crippen LogP contribution in [0.2, 0.25) is 0 Å². The highest BCUT2D eigenvalue weighted by molar-refractivity contribution is 9.11. The molecule has 0 aliphatic rings. The number of halogens is 3. The van der Waals surface area contributed by atoms with Gasteiger partial charge in [-0.2, -0.15) is 0 Å². The second kappa shape index (κ2) is 5.06. The molecule has 0 unspecified atom stereocenters. The first-order chi connectivity index (χ1) is 7.34. The predicted octanol–water partition coefficient (Wildman–Crippen LogP) is 3.49. The molecule has 1 rings (SSSR count). The molecule has 0 spiro atoms. The van der Waals surface area contributed by atoms with Gasteiger partial charge in [-0.15, -0.1) is 5.43 Å². The van der Waals surface area contributed by atoms with Gasteiger partial charge in [0.2, 0.25) is 0 Å². The van der Waals surface area contributed by atoms with Crippen molar-refractivity contribution in [2.45, 2.75) is 0 Å². The Bertz CT molecular complexity index is 479. The Balaban J connectivity index is 3.44. The van der Waals surface area contributed by atoms with Crippen molar-refractivity contribution in [2.75, 3.05) is 5.43 Å². The van der Waals surface area contributed by atoms with Crippen LogP contribution in [0.3, 0.4) is 0 Å². The number of hydrazine groups is 1. The van der Waals surface area contributed by atoms with Crippen LogP contribution < -0.4 is 5.43 Å². The van der Waals surface area contributed by atoms with Gasteiger partial charge in [-0.1, -0.05) is 0 Å². The van der Waals surface area contributed by atoms with Crippen LogP contribution in [0, 0.1) is 20.2 Å². The molecular formula is C6H2Br3N3O4. The van der Waals surface area contributed by atoms with Crippen molar-refractivity contribution in [3.63, 3.8) is 0 Å². The summed E-state index contributed by atoms with van der Waals surface area (Å²) in [4.78, 5) is 20.4. The van der Waals surface area contributed by atoms with Crippen LogP contribution in [0.5, 0.6) is 0 Å². The fourth-order valence-electron chi connectivity index (χ4n) is 0.941. The molecule has 0 aliphatic heterocycles. The highest BCUT2D eigenvalue weighted by atomic mass is 79.9. The van der Waals surface area contributed by atoms with Crippen LogP contribution in [0.1, 0.15) is 0 Å². The van der Waals surface area contributed by atoms with Gasteiger partial charge in [-0.05, 0) is 53.9 Å². The average Bonchev–Trinajstić information content (AvgIpc) is 2.10. The second-order valence-electron chi connectivity index (χ2n) is 2.50. The molecule has 0 heterocycles. The molecule has 1 aromatic rings. The Morgan fingerprint density at radius 3 is 2.12 bits per heavy atom. The van der Waals surface area contributed by atoms with E-state index in [-0.39, 0.29) is 20.3 Å². The molecule has 7 nitrogen and oxygen atoms in total. The summed E-state index contributed by atoms with van der Waals surface area (Å²) >= 11 is 9.00. The molecular weight excluding hydrogens is 418 g/mol. The lowest BCUT2D eigenvalue weighted by Crippen LogP contribution is -2.09. The molecule has 0 atom stereocenters. The van der Waals surface area contributed by atoms with E-state index in [1.54, 1.807) is 0 Å². The smallest absolute Gasteiger partial charge is 0.258 e. The summed E-state index contributed by atoms with van der Waals surface area (Å²) in [5, 5.41) is 20.2. The first-order valence-corrected chi connectivity index (χ1v) is 5.95. The topological polar surface area (TPSA) is 98.3 Å². The van der Waals surface area contributed by atoms with Crippen molar-refractivity contribution >= 4 is 59.2 Å². The van der Waals surface area contributed by atoms with Crippen molar-refractivity contribution in [1.82, 2.24) is 0 Å². The summed E-state index contributed by atoms with van der Waals surface area (Å²) in [5.41, 5.74) is 1.57. The highest BCUT2D eigenvalue weighted by Crippen LogP contribution is 2.42. The van der Waals surface area contributed by atoms with Crippen LogP contribution in [0.4, 0.5) is 11.4 Å². The lowest BCUT2D eigenvalue weighted by molar-refractivity contribution is -0.445. The quantitative estimate of drug-likeness (QED) is 0.597. The van der Waals surface area contributed by atoms with Crippen LogP contribution in [-0.4, -0.2) is 9.96 Å². The summed E-state index contributed by atoms with van der Waals surface area (Å²) < 4.78 is 0.536. The largest absolute Gasteiger partial charge is 0.299 e. The maximum atomic E-state index is 10.7. The van der Waals surface area contributed by atoms with Gasteiger partial charge in [0.05, 0.1) is 9.40 Å². The molecule has 86 valence electrons. The van der Waals surface area contributed by atoms with E-state index < -0.39 is 9.96 Å². The van der Waals surface area contributed by atoms with Gasteiger partial charge in [0.25, 0.3) is 5.69 Å². The molecule has 0 amide bonds. The Morgan fingerprint density at radius 2 is 1.69 bits per heavy atom. The third kappa shape index (κ3) is 2.68. The van der Waals surface area contributed by atoms with Gasteiger partial charge in [-0.25, -0.2) is 10.1 Å². The molecule has 0 bridgehead atoms. The number of nitro benzene ring substituents is 1. The van der Waals surface area contributed by atoms with Gasteiger partial charge < -0.3 is 0 Å². The van der Waals surface area contributed by atoms with Crippen molar-refractivity contribution < 1.29 is 9.96 Å². The van der Waals surface area contributed by atoms with E-state index in [9.17, 15) is 20.2 Å². The van der Waals surface area contributed by atoms with Gasteiger partial charge in [0, 0.05) is 4.47 Å². The fraction of sp³-hybridized carbons (Fsp3) is 0. The van der Waals surface area contributed by atoms with E-state index in [2.05, 4.69) is 47.8 Å². The number of rotatable bonds is 3. The van der Waals surface area contributed by atoms with E-state index in [0.717, 1.165) is 0 Å². The highest BCUT2D eigenvalue weighted by Gasteiger charge is 2.24. The first kappa shape index (κ1) is 13.3. The third-order valence-electron chi connectivity index (χ3n) is 1.53. The Hall–Kier alpha value is -0.740. The van der Waals surface area contributed by atoms with Crippen LogP contribution in [0.15, 0.2) is 19.5 Å². The number of hydrogen-bond acceptors (Lipinski definition) is 4. The zero-order valence-corrected chi connectivity index (χ0v) is 12.0. The Labute approximate surface area is 114 Å². The lowest BCUT2D eigenvalue weighted by Gasteiger charge is -2.06. The number of benzene rings is 1. The molecule has 1 aromatic carbocycles. The Morgan fingerprint density at radius 1 is 1.12 bits per heavy atom. The molecule has 10 heteroatoms. The van der Waals surface area contributed by atoms with Crippen molar-refractivity contribution in [1.29, 1.82) is 0 Å². The number of hydrogen-bond donors (Lipinski definition) is 1. The molecule has 0 aliphatic carbocycles. The summed E-state index contributed by atoms with van der Waals surface area (Å²) in [6.45, 7) is 0. The summed E-state index contributed by atoms with van der Waals surface area (Å²) in [7, 11) is 0. The SMILES string of the molecule is O=[N+]([O-])Nc1c(Br)cc(Br)c([N+](=O)[O-])c1Br. The molecule has 1 N–H and O–H groups in total. The number of nitrogens with one attached hydrogen (secondary N) is 1. The average molecular weight is 420 g/mol. The molecule has 0 saturated carbocycles. The standard InChI is InChI=1S/C6H2Br3N3O4/c7-2-1-3(8)6(11(13)14)4(9)5(2)10-12(15)16/h1,10H. The zero-order chi connectivity index (χ0) is 12.5. The van der Waals surface area contributed by atoms with Crippen LogP contribution in [0.25, 0.3) is 0 Å². The maximum absolute atomic E-state index is 10.7. The van der Waals surface area contributed by atoms with Crippen molar-refractivity contribution in [3.05, 3.63) is 39.7 Å². The van der Waals surface area contributed by atoms with E-state index in [4.69, 9.17) is 0 Å². The minimum absolute atomic E-state index is 0.00421. The predicted molar refractivity (Wildman–Crippen MR) is 66.8 cm³/mol. The Kier molecular flexibility index (Phi) is 4.21. The normalized spacial score (nSPS) is 9.94. The maximum Gasteiger partial charge on any atom is 0.299 e. The lowest BCUT2D eigenvalue weighted by atomic mass is 10.3. The zero-order valence-electron chi connectivity index (χ0n) is 7.24. The van der Waals surface area contributed by atoms with Crippen LogP contribution in [-0.2, 0) is 0 Å². The summed E-state index contributed by atoms with van der Waals surface area (Å²) in [6.07, 6.45) is 0. The molecule has 0 saturated heterocycles. The number of nitrogens with zero attached hydrogens (tertiary/aromatic N) is 2. The monoisotopic (exact) mass is 417 g/mol. The van der Waals surface area contributed by atoms with Gasteiger partial charge in [0.1, 0.15) is 10.2 Å². The fourth-order valence-corrected chi connectivity index (χ4v) is 3.53. The molecule has 16 heavy (non-hydrogen) atoms. The second-order valence-corrected chi connectivity index (χ2v) is 5.01. The minimum Gasteiger partial charge on any atom is -0.258 e. The molecule has 0 aromatic heterocycles. The first-order valence-electron chi connectivity index (χ1n) is 3.57. The summed E-state index contributed by atoms with van der Waals surface area (Å²) in [6, 6.07) is 1.36. The summed E-state index contributed by atoms with van der Waals surface area (Å²) in [5.74, 6) is 0. The van der Waals surface area contributed by atoms with Gasteiger partial charge in [-0.3, -0.25) is 10.1 Å². The van der Waals surface area contributed by atoms with E-state index in [1.807, 2.05) is 5.43 Å². The van der Waals surface area contributed by atoms with Gasteiger partial charge >= 0.3 is 0 Å². The van der Waals surface area contributed by atoms with Crippen molar-refractivity contribution in [2.24, 2.45) is 0 Å². The van der Waals surface area contributed by atoms with Crippen molar-refractivity contribution in [3.8, 4) is 0 Å². The van der Waals surface area contributed by atoms with E-state index >= 15 is 0 Å². The van der Waals surface area contributed by atoms with E-state index in [0.29, 0.717) is 4.47 Å². The third-order valence-corrected chi connectivity index (χ3v) is 3.53. The minimum atomic E-state index is -0.803. The number of anilines is 1. The number of nitro groups is 2. The van der Waals surface area contributed by atoms with E-state index in [1.165, 1.54) is 6.07 Å².